The number of hydrogen-bond donors (Lipinski definition) is 2. The van der Waals surface area contributed by atoms with Gasteiger partial charge in [-0.05, 0) is 49.9 Å². The number of ether oxygens (including phenoxy) is 2. The topological polar surface area (TPSA) is 114 Å². The first-order chi connectivity index (χ1) is 17.1. The van der Waals surface area contributed by atoms with Gasteiger partial charge in [0.2, 0.25) is 5.88 Å². The lowest BCUT2D eigenvalue weighted by Gasteiger charge is -2.30. The fraction of sp³-hybridized carbons (Fsp3) is 0.308. The normalized spacial score (nSPS) is 19.3. The lowest BCUT2D eigenvalue weighted by molar-refractivity contribution is -0.143. The van der Waals surface area contributed by atoms with E-state index in [2.05, 4.69) is 15.3 Å². The van der Waals surface area contributed by atoms with Crippen molar-refractivity contribution >= 4 is 23.4 Å². The first-order valence-electron chi connectivity index (χ1n) is 11.7. The number of carboxylic acid groups (broad SMARTS) is 1. The maximum absolute atomic E-state index is 12.8. The molecule has 35 heavy (non-hydrogen) atoms. The Morgan fingerprint density at radius 3 is 2.54 bits per heavy atom. The second-order valence-corrected chi connectivity index (χ2v) is 8.65. The third kappa shape index (κ3) is 5.18. The Labute approximate surface area is 202 Å². The van der Waals surface area contributed by atoms with Crippen LogP contribution in [0.4, 0.5) is 16.2 Å². The highest BCUT2D eigenvalue weighted by Crippen LogP contribution is 2.36. The van der Waals surface area contributed by atoms with Gasteiger partial charge in [0.15, 0.2) is 0 Å². The molecular weight excluding hydrogens is 448 g/mol. The molecule has 2 amide bonds. The van der Waals surface area contributed by atoms with Crippen LogP contribution in [0, 0.1) is 5.92 Å². The van der Waals surface area contributed by atoms with Crippen LogP contribution in [0.1, 0.15) is 25.7 Å². The van der Waals surface area contributed by atoms with Crippen molar-refractivity contribution in [3.05, 3.63) is 60.9 Å². The number of benzene rings is 2. The number of hydrogen-bond acceptors (Lipinski definition) is 6. The molecule has 1 fully saturated rings. The van der Waals surface area contributed by atoms with Crippen LogP contribution in [-0.4, -0.2) is 46.3 Å². The fourth-order valence-corrected chi connectivity index (χ4v) is 4.43. The molecule has 180 valence electrons. The minimum Gasteiger partial charge on any atom is -0.490 e. The molecule has 9 heteroatoms. The highest BCUT2D eigenvalue weighted by molar-refractivity contribution is 6.03. The predicted octanol–water partition coefficient (Wildman–Crippen LogP) is 4.60. The molecule has 0 saturated heterocycles. The van der Waals surface area contributed by atoms with Crippen LogP contribution in [0.5, 0.6) is 11.6 Å². The van der Waals surface area contributed by atoms with Crippen molar-refractivity contribution in [1.82, 2.24) is 9.97 Å². The Kier molecular flexibility index (Phi) is 6.47. The summed E-state index contributed by atoms with van der Waals surface area (Å²) in [6.45, 7) is 0.840. The second kappa shape index (κ2) is 10.0. The van der Waals surface area contributed by atoms with E-state index >= 15 is 0 Å². The fourth-order valence-electron chi connectivity index (χ4n) is 4.43. The number of nitrogens with one attached hydrogen (secondary N) is 1. The molecule has 0 unspecified atom stereocenters. The van der Waals surface area contributed by atoms with Crippen LogP contribution in [-0.2, 0) is 4.79 Å². The van der Waals surface area contributed by atoms with E-state index in [1.807, 2.05) is 48.5 Å². The number of carboxylic acids is 1. The minimum absolute atomic E-state index is 0.0455. The summed E-state index contributed by atoms with van der Waals surface area (Å²) in [4.78, 5) is 34.5. The van der Waals surface area contributed by atoms with Gasteiger partial charge in [-0.1, -0.05) is 24.3 Å². The number of carbonyl (C=O) groups is 2. The molecule has 9 nitrogen and oxygen atoms in total. The Hall–Kier alpha value is -4.14. The van der Waals surface area contributed by atoms with Gasteiger partial charge in [0.05, 0.1) is 36.2 Å². The van der Waals surface area contributed by atoms with E-state index in [0.29, 0.717) is 61.8 Å². The van der Waals surface area contributed by atoms with Gasteiger partial charge in [-0.25, -0.2) is 14.8 Å². The third-order valence-corrected chi connectivity index (χ3v) is 6.33. The average Bonchev–Trinajstić information content (AvgIpc) is 2.89. The Balaban J connectivity index is 1.25. The lowest BCUT2D eigenvalue weighted by atomic mass is 9.87. The largest absolute Gasteiger partial charge is 0.490 e. The molecule has 2 aliphatic rings. The third-order valence-electron chi connectivity index (χ3n) is 6.33. The maximum Gasteiger partial charge on any atom is 0.326 e. The van der Waals surface area contributed by atoms with Crippen LogP contribution in [0.15, 0.2) is 60.9 Å². The predicted molar refractivity (Wildman–Crippen MR) is 130 cm³/mol. The van der Waals surface area contributed by atoms with Gasteiger partial charge in [-0.2, -0.15) is 0 Å². The van der Waals surface area contributed by atoms with Crippen molar-refractivity contribution in [3.63, 3.8) is 0 Å². The smallest absolute Gasteiger partial charge is 0.326 e. The SMILES string of the molecule is O=C(O)C1CCC(Oc2cnc(-c3ccc4c(c3)OCCN4C(=O)Nc3ccccc3)cn2)CC1. The molecule has 5 rings (SSSR count). The number of aliphatic carboxylic acids is 1. The zero-order chi connectivity index (χ0) is 24.2. The summed E-state index contributed by atoms with van der Waals surface area (Å²) in [5, 5.41) is 12.0. The molecule has 1 saturated carbocycles. The summed E-state index contributed by atoms with van der Waals surface area (Å²) < 4.78 is 11.7. The first-order valence-corrected chi connectivity index (χ1v) is 11.7. The number of anilines is 2. The van der Waals surface area contributed by atoms with Crippen molar-refractivity contribution in [1.29, 1.82) is 0 Å². The molecule has 0 radical (unpaired) electrons. The van der Waals surface area contributed by atoms with E-state index in [9.17, 15) is 9.59 Å². The highest BCUT2D eigenvalue weighted by Gasteiger charge is 2.27. The van der Waals surface area contributed by atoms with Crippen molar-refractivity contribution in [2.45, 2.75) is 31.8 Å². The van der Waals surface area contributed by atoms with E-state index in [-0.39, 0.29) is 18.1 Å². The first kappa shape index (κ1) is 22.6. The Bertz CT molecular complexity index is 1190. The lowest BCUT2D eigenvalue weighted by Crippen LogP contribution is -2.40. The number of fused-ring (bicyclic) bond motifs is 1. The van der Waals surface area contributed by atoms with E-state index in [0.717, 1.165) is 11.3 Å². The highest BCUT2D eigenvalue weighted by atomic mass is 16.5. The molecule has 1 aliphatic heterocycles. The number of urea groups is 1. The van der Waals surface area contributed by atoms with Crippen LogP contribution in [0.25, 0.3) is 11.3 Å². The quantitative estimate of drug-likeness (QED) is 0.556. The van der Waals surface area contributed by atoms with Gasteiger partial charge in [0.25, 0.3) is 0 Å². The molecule has 0 atom stereocenters. The van der Waals surface area contributed by atoms with Gasteiger partial charge in [-0.3, -0.25) is 9.69 Å². The monoisotopic (exact) mass is 474 g/mol. The Morgan fingerprint density at radius 2 is 1.83 bits per heavy atom. The molecule has 2 heterocycles. The van der Waals surface area contributed by atoms with Gasteiger partial charge >= 0.3 is 12.0 Å². The summed E-state index contributed by atoms with van der Waals surface area (Å²) in [5.74, 6) is 0.0104. The minimum atomic E-state index is -0.735. The van der Waals surface area contributed by atoms with E-state index in [1.165, 1.54) is 0 Å². The molecule has 0 spiro atoms. The van der Waals surface area contributed by atoms with Gasteiger partial charge < -0.3 is 19.9 Å². The van der Waals surface area contributed by atoms with E-state index in [4.69, 9.17) is 14.6 Å². The number of aromatic nitrogens is 2. The van der Waals surface area contributed by atoms with Crippen molar-refractivity contribution < 1.29 is 24.2 Å². The van der Waals surface area contributed by atoms with Crippen molar-refractivity contribution in [2.24, 2.45) is 5.92 Å². The van der Waals surface area contributed by atoms with Crippen molar-refractivity contribution in [2.75, 3.05) is 23.4 Å². The summed E-state index contributed by atoms with van der Waals surface area (Å²) in [5.41, 5.74) is 2.90. The summed E-state index contributed by atoms with van der Waals surface area (Å²) in [6, 6.07) is 14.7. The standard InChI is InChI=1S/C26H26N4O5/c31-25(32)17-6-9-20(10-7-17)35-24-16-27-21(15-28-24)18-8-11-22-23(14-18)34-13-12-30(22)26(33)29-19-4-2-1-3-5-19/h1-5,8,11,14-17,20H,6-7,9-10,12-13H2,(H,29,33)(H,31,32). The molecular formula is C26H26N4O5. The summed E-state index contributed by atoms with van der Waals surface area (Å²) in [6.07, 6.45) is 5.78. The van der Waals surface area contributed by atoms with E-state index < -0.39 is 5.97 Å². The van der Waals surface area contributed by atoms with E-state index in [1.54, 1.807) is 17.3 Å². The van der Waals surface area contributed by atoms with Crippen molar-refractivity contribution in [3.8, 4) is 22.9 Å². The number of carbonyl (C=O) groups excluding carboxylic acids is 1. The van der Waals surface area contributed by atoms with Crippen LogP contribution < -0.4 is 19.7 Å². The average molecular weight is 475 g/mol. The summed E-state index contributed by atoms with van der Waals surface area (Å²) >= 11 is 0. The molecule has 1 aliphatic carbocycles. The summed E-state index contributed by atoms with van der Waals surface area (Å²) in [7, 11) is 0. The molecule has 2 aromatic carbocycles. The van der Waals surface area contributed by atoms with Crippen LogP contribution in [0.3, 0.4) is 0 Å². The number of amides is 2. The number of para-hydroxylation sites is 1. The van der Waals surface area contributed by atoms with Gasteiger partial charge in [-0.15, -0.1) is 0 Å². The second-order valence-electron chi connectivity index (χ2n) is 8.65. The van der Waals surface area contributed by atoms with Crippen LogP contribution in [0.2, 0.25) is 0 Å². The van der Waals surface area contributed by atoms with Crippen LogP contribution >= 0.6 is 0 Å². The van der Waals surface area contributed by atoms with Gasteiger partial charge in [0.1, 0.15) is 18.5 Å². The molecule has 3 aromatic rings. The number of nitrogens with zero attached hydrogens (tertiary/aromatic N) is 3. The molecule has 2 N–H and O–H groups in total. The maximum atomic E-state index is 12.8. The zero-order valence-electron chi connectivity index (χ0n) is 19.1. The molecule has 1 aromatic heterocycles. The zero-order valence-corrected chi connectivity index (χ0v) is 19.1. The van der Waals surface area contributed by atoms with Gasteiger partial charge in [0, 0.05) is 11.3 Å². The number of rotatable bonds is 5. The molecule has 0 bridgehead atoms. The Morgan fingerprint density at radius 1 is 1.03 bits per heavy atom.